The average Bonchev–Trinajstić information content (AvgIpc) is 2.99. The molecule has 138 valence electrons. The zero-order chi connectivity index (χ0) is 19.2. The number of nitrogens with zero attached hydrogens (tertiary/aromatic N) is 3. The van der Waals surface area contributed by atoms with Crippen LogP contribution in [0, 0.1) is 5.92 Å². The van der Waals surface area contributed by atoms with E-state index >= 15 is 0 Å². The topological polar surface area (TPSA) is 76.4 Å². The fraction of sp³-hybridized carbons (Fsp3) is 0.222. The summed E-state index contributed by atoms with van der Waals surface area (Å²) >= 11 is 0. The fourth-order valence-electron chi connectivity index (χ4n) is 2.96. The van der Waals surface area contributed by atoms with Gasteiger partial charge in [-0.25, -0.2) is 4.52 Å². The maximum atomic E-state index is 13.2. The van der Waals surface area contributed by atoms with Crippen LogP contribution in [0.25, 0.3) is 16.8 Å². The molecule has 0 aliphatic heterocycles. The molecule has 1 fully saturated rings. The number of ketones is 1. The molecule has 0 unspecified atom stereocenters. The summed E-state index contributed by atoms with van der Waals surface area (Å²) in [5.74, 6) is -0.641. The van der Waals surface area contributed by atoms with Crippen molar-refractivity contribution in [1.29, 1.82) is 0 Å². The van der Waals surface area contributed by atoms with Crippen molar-refractivity contribution in [1.82, 2.24) is 14.6 Å². The van der Waals surface area contributed by atoms with E-state index in [-0.39, 0.29) is 42.0 Å². The Balaban J connectivity index is 1.64. The number of halogens is 3. The molecule has 1 aromatic carbocycles. The third-order valence-electron chi connectivity index (χ3n) is 4.43. The van der Waals surface area contributed by atoms with Crippen LogP contribution in [0.5, 0.6) is 0 Å². The zero-order valence-electron chi connectivity index (χ0n) is 13.8. The van der Waals surface area contributed by atoms with Gasteiger partial charge in [-0.2, -0.15) is 18.2 Å². The van der Waals surface area contributed by atoms with Crippen molar-refractivity contribution in [3.63, 3.8) is 0 Å². The number of anilines is 1. The van der Waals surface area contributed by atoms with Gasteiger partial charge in [0.25, 0.3) is 0 Å². The lowest BCUT2D eigenvalue weighted by Gasteiger charge is -2.21. The Kier molecular flexibility index (Phi) is 3.94. The van der Waals surface area contributed by atoms with Crippen molar-refractivity contribution in [3.8, 4) is 11.1 Å². The summed E-state index contributed by atoms with van der Waals surface area (Å²) in [5.41, 5.74) is -0.0142. The molecule has 1 aliphatic rings. The molecule has 0 radical (unpaired) electrons. The minimum atomic E-state index is -4.48. The summed E-state index contributed by atoms with van der Waals surface area (Å²) in [4.78, 5) is 27.1. The second-order valence-electron chi connectivity index (χ2n) is 6.33. The Labute approximate surface area is 151 Å². The number of alkyl halides is 3. The van der Waals surface area contributed by atoms with Gasteiger partial charge in [-0.3, -0.25) is 14.9 Å². The molecular weight excluding hydrogens is 361 g/mol. The van der Waals surface area contributed by atoms with E-state index < -0.39 is 11.7 Å². The Morgan fingerprint density at radius 1 is 1.15 bits per heavy atom. The van der Waals surface area contributed by atoms with Crippen molar-refractivity contribution >= 4 is 23.3 Å². The molecular formula is C18H13F3N4O2. The van der Waals surface area contributed by atoms with Crippen molar-refractivity contribution in [2.75, 3.05) is 5.32 Å². The Morgan fingerprint density at radius 3 is 2.59 bits per heavy atom. The predicted octanol–water partition coefficient (Wildman–Crippen LogP) is 3.33. The van der Waals surface area contributed by atoms with E-state index in [2.05, 4.69) is 15.4 Å². The van der Waals surface area contributed by atoms with E-state index in [9.17, 15) is 22.8 Å². The quantitative estimate of drug-likeness (QED) is 0.763. The lowest BCUT2D eigenvalue weighted by Crippen LogP contribution is -2.34. The van der Waals surface area contributed by atoms with Gasteiger partial charge < -0.3 is 0 Å². The van der Waals surface area contributed by atoms with Crippen LogP contribution < -0.4 is 5.32 Å². The second kappa shape index (κ2) is 6.19. The van der Waals surface area contributed by atoms with Gasteiger partial charge in [-0.1, -0.05) is 18.2 Å². The van der Waals surface area contributed by atoms with E-state index in [1.165, 1.54) is 41.0 Å². The highest BCUT2D eigenvalue weighted by molar-refractivity contribution is 6.01. The molecule has 2 heterocycles. The minimum absolute atomic E-state index is 0.0287. The van der Waals surface area contributed by atoms with E-state index in [1.807, 2.05) is 0 Å². The van der Waals surface area contributed by atoms with Gasteiger partial charge in [0.2, 0.25) is 11.9 Å². The third kappa shape index (κ3) is 3.27. The van der Waals surface area contributed by atoms with Crippen LogP contribution in [0.4, 0.5) is 19.1 Å². The third-order valence-corrected chi connectivity index (χ3v) is 4.43. The molecule has 9 heteroatoms. The van der Waals surface area contributed by atoms with Crippen LogP contribution in [-0.2, 0) is 15.8 Å². The number of Topliss-reactive ketones (excluding diaryl/α,β-unsaturated/α-hetero) is 1. The number of carbonyl (C=O) groups excluding carboxylic acids is 2. The number of amides is 1. The van der Waals surface area contributed by atoms with Crippen LogP contribution in [0.3, 0.4) is 0 Å². The summed E-state index contributed by atoms with van der Waals surface area (Å²) in [5, 5.41) is 6.63. The summed E-state index contributed by atoms with van der Waals surface area (Å²) in [7, 11) is 0. The lowest BCUT2D eigenvalue weighted by molar-refractivity contribution is -0.137. The van der Waals surface area contributed by atoms with Gasteiger partial charge >= 0.3 is 6.18 Å². The molecule has 1 amide bonds. The van der Waals surface area contributed by atoms with Gasteiger partial charge in [0.1, 0.15) is 5.78 Å². The first-order valence-corrected chi connectivity index (χ1v) is 8.17. The van der Waals surface area contributed by atoms with Crippen LogP contribution >= 0.6 is 0 Å². The summed E-state index contributed by atoms with van der Waals surface area (Å²) in [6.45, 7) is 0. The molecule has 1 N–H and O–H groups in total. The van der Waals surface area contributed by atoms with Gasteiger partial charge in [-0.15, -0.1) is 5.10 Å². The normalized spacial score (nSPS) is 15.0. The van der Waals surface area contributed by atoms with Crippen molar-refractivity contribution < 1.29 is 22.8 Å². The molecule has 0 bridgehead atoms. The van der Waals surface area contributed by atoms with Crippen molar-refractivity contribution in [2.45, 2.75) is 19.0 Å². The Morgan fingerprint density at radius 2 is 1.89 bits per heavy atom. The number of nitrogens with one attached hydrogen (secondary N) is 1. The van der Waals surface area contributed by atoms with Gasteiger partial charge in [0.15, 0.2) is 5.65 Å². The number of fused-ring (bicyclic) bond motifs is 1. The number of hydrogen-bond acceptors (Lipinski definition) is 4. The molecule has 1 aliphatic carbocycles. The van der Waals surface area contributed by atoms with Crippen LogP contribution in [0.2, 0.25) is 0 Å². The molecule has 3 aromatic rings. The molecule has 1 saturated carbocycles. The highest BCUT2D eigenvalue weighted by Crippen LogP contribution is 2.36. The number of carbonyl (C=O) groups is 2. The fourth-order valence-corrected chi connectivity index (χ4v) is 2.96. The SMILES string of the molecule is O=C1CC(C(=O)Nc2nc3ccc(-c4ccccc4C(F)(F)F)cn3n2)C1. The average molecular weight is 374 g/mol. The van der Waals surface area contributed by atoms with E-state index in [0.29, 0.717) is 11.2 Å². The molecule has 0 atom stereocenters. The molecule has 0 spiro atoms. The molecule has 0 saturated heterocycles. The van der Waals surface area contributed by atoms with Crippen molar-refractivity contribution in [3.05, 3.63) is 48.2 Å². The van der Waals surface area contributed by atoms with E-state index in [1.54, 1.807) is 0 Å². The number of rotatable bonds is 3. The summed E-state index contributed by atoms with van der Waals surface area (Å²) in [6, 6.07) is 8.31. The predicted molar refractivity (Wildman–Crippen MR) is 89.8 cm³/mol. The number of benzene rings is 1. The highest BCUT2D eigenvalue weighted by Gasteiger charge is 2.34. The smallest absolute Gasteiger partial charge is 0.300 e. The summed E-state index contributed by atoms with van der Waals surface area (Å²) < 4.78 is 41.0. The van der Waals surface area contributed by atoms with Crippen LogP contribution in [0.1, 0.15) is 18.4 Å². The van der Waals surface area contributed by atoms with Gasteiger partial charge in [0.05, 0.1) is 11.5 Å². The first kappa shape index (κ1) is 17.2. The molecule has 6 nitrogen and oxygen atoms in total. The zero-order valence-corrected chi connectivity index (χ0v) is 13.8. The molecule has 27 heavy (non-hydrogen) atoms. The maximum absolute atomic E-state index is 13.2. The Bertz CT molecular complexity index is 1050. The van der Waals surface area contributed by atoms with Crippen LogP contribution in [-0.4, -0.2) is 26.3 Å². The second-order valence-corrected chi connectivity index (χ2v) is 6.33. The number of hydrogen-bond donors (Lipinski definition) is 1. The minimum Gasteiger partial charge on any atom is -0.300 e. The summed E-state index contributed by atoms with van der Waals surface area (Å²) in [6.07, 6.45) is -2.64. The maximum Gasteiger partial charge on any atom is 0.417 e. The van der Waals surface area contributed by atoms with Crippen molar-refractivity contribution in [2.24, 2.45) is 5.92 Å². The first-order valence-electron chi connectivity index (χ1n) is 8.17. The molecule has 2 aromatic heterocycles. The number of pyridine rings is 1. The lowest BCUT2D eigenvalue weighted by atomic mass is 9.83. The monoisotopic (exact) mass is 374 g/mol. The molecule has 4 rings (SSSR count). The van der Waals surface area contributed by atoms with E-state index in [4.69, 9.17) is 0 Å². The largest absolute Gasteiger partial charge is 0.417 e. The Hall–Kier alpha value is -3.23. The highest BCUT2D eigenvalue weighted by atomic mass is 19.4. The van der Waals surface area contributed by atoms with Crippen LogP contribution in [0.15, 0.2) is 42.6 Å². The first-order chi connectivity index (χ1) is 12.8. The standard InChI is InChI=1S/C18H13F3N4O2/c19-18(20,21)14-4-2-1-3-13(14)10-5-6-15-22-17(24-25(15)9-10)23-16(27)11-7-12(26)8-11/h1-6,9,11H,7-8H2,(H,23,24,27). The van der Waals surface area contributed by atoms with Gasteiger partial charge in [-0.05, 0) is 23.8 Å². The number of aromatic nitrogens is 3. The van der Waals surface area contributed by atoms with Gasteiger partial charge in [0, 0.05) is 24.6 Å². The van der Waals surface area contributed by atoms with E-state index in [0.717, 1.165) is 6.07 Å².